The summed E-state index contributed by atoms with van der Waals surface area (Å²) in [6.07, 6.45) is -14.0. The fraction of sp³-hybridized carbons (Fsp3) is 0.375. The first-order valence-electron chi connectivity index (χ1n) is 4.02. The van der Waals surface area contributed by atoms with Gasteiger partial charge in [-0.05, 0) is 22.0 Å². The highest BCUT2D eigenvalue weighted by atomic mass is 79.9. The second-order valence-electron chi connectivity index (χ2n) is 2.90. The minimum Gasteiger partial charge on any atom is -0.455 e. The number of hydrogen-bond donors (Lipinski definition) is 0. The molecule has 0 aliphatic rings. The first-order chi connectivity index (χ1) is 7.60. The number of pyridine rings is 1. The average molecular weight is 324 g/mol. The Kier molecular flexibility index (Phi) is 3.90. The molecule has 0 bridgehead atoms. The standard InChI is InChI=1S/C8H4BrF6NO/c9-4-1-2-5(16-3-4)17-6(7(10,11)12)8(13,14)15/h1-3,6H. The van der Waals surface area contributed by atoms with E-state index >= 15 is 0 Å². The van der Waals surface area contributed by atoms with Crippen molar-refractivity contribution in [2.75, 3.05) is 0 Å². The summed E-state index contributed by atoms with van der Waals surface area (Å²) < 4.78 is 76.8. The monoisotopic (exact) mass is 323 g/mol. The summed E-state index contributed by atoms with van der Waals surface area (Å²) in [5, 5.41) is 0. The third-order valence-corrected chi connectivity index (χ3v) is 2.00. The van der Waals surface area contributed by atoms with E-state index in [-0.39, 0.29) is 0 Å². The van der Waals surface area contributed by atoms with E-state index in [2.05, 4.69) is 25.7 Å². The normalized spacial score (nSPS) is 12.9. The molecule has 17 heavy (non-hydrogen) atoms. The minimum atomic E-state index is -5.55. The van der Waals surface area contributed by atoms with Gasteiger partial charge in [0.05, 0.1) is 0 Å². The van der Waals surface area contributed by atoms with E-state index < -0.39 is 24.3 Å². The quantitative estimate of drug-likeness (QED) is 0.774. The molecule has 2 nitrogen and oxygen atoms in total. The van der Waals surface area contributed by atoms with Crippen LogP contribution in [-0.2, 0) is 0 Å². The molecule has 1 aromatic heterocycles. The van der Waals surface area contributed by atoms with Crippen molar-refractivity contribution in [3.05, 3.63) is 22.8 Å². The van der Waals surface area contributed by atoms with Gasteiger partial charge in [0.2, 0.25) is 5.88 Å². The smallest absolute Gasteiger partial charge is 0.434 e. The van der Waals surface area contributed by atoms with E-state index in [4.69, 9.17) is 0 Å². The third kappa shape index (κ3) is 4.06. The van der Waals surface area contributed by atoms with Crippen LogP contribution in [0.2, 0.25) is 0 Å². The van der Waals surface area contributed by atoms with Gasteiger partial charge in [0.1, 0.15) is 0 Å². The van der Waals surface area contributed by atoms with Gasteiger partial charge >= 0.3 is 12.4 Å². The van der Waals surface area contributed by atoms with E-state index in [1.165, 1.54) is 6.07 Å². The van der Waals surface area contributed by atoms with Gasteiger partial charge in [-0.25, -0.2) is 4.98 Å². The Hall–Kier alpha value is -0.990. The zero-order valence-electron chi connectivity index (χ0n) is 7.81. The summed E-state index contributed by atoms with van der Waals surface area (Å²) in [7, 11) is 0. The molecule has 0 fully saturated rings. The molecular weight excluding hydrogens is 320 g/mol. The maximum atomic E-state index is 12.1. The largest absolute Gasteiger partial charge is 0.455 e. The van der Waals surface area contributed by atoms with E-state index in [0.29, 0.717) is 4.47 Å². The lowest BCUT2D eigenvalue weighted by atomic mass is 10.3. The molecule has 0 N–H and O–H groups in total. The second-order valence-corrected chi connectivity index (χ2v) is 3.81. The number of aromatic nitrogens is 1. The Balaban J connectivity index is 2.92. The van der Waals surface area contributed by atoms with E-state index in [9.17, 15) is 26.3 Å². The van der Waals surface area contributed by atoms with Crippen molar-refractivity contribution in [2.24, 2.45) is 0 Å². The van der Waals surface area contributed by atoms with Crippen molar-refractivity contribution >= 4 is 15.9 Å². The predicted molar refractivity (Wildman–Crippen MR) is 48.5 cm³/mol. The van der Waals surface area contributed by atoms with Crippen LogP contribution in [0.15, 0.2) is 22.8 Å². The fourth-order valence-corrected chi connectivity index (χ4v) is 1.11. The predicted octanol–water partition coefficient (Wildman–Crippen LogP) is 3.72. The van der Waals surface area contributed by atoms with Gasteiger partial charge in [0.15, 0.2) is 0 Å². The lowest BCUT2D eigenvalue weighted by molar-refractivity contribution is -0.300. The topological polar surface area (TPSA) is 22.1 Å². The van der Waals surface area contributed by atoms with Crippen molar-refractivity contribution in [3.8, 4) is 5.88 Å². The molecule has 0 aliphatic carbocycles. The molecule has 0 aromatic carbocycles. The van der Waals surface area contributed by atoms with Crippen LogP contribution in [-0.4, -0.2) is 23.4 Å². The van der Waals surface area contributed by atoms with Gasteiger partial charge in [-0.15, -0.1) is 0 Å². The van der Waals surface area contributed by atoms with E-state index in [1.54, 1.807) is 0 Å². The number of halogens is 7. The molecule has 0 radical (unpaired) electrons. The number of ether oxygens (including phenoxy) is 1. The highest BCUT2D eigenvalue weighted by Crippen LogP contribution is 2.36. The number of rotatable bonds is 2. The molecule has 0 amide bonds. The highest BCUT2D eigenvalue weighted by molar-refractivity contribution is 9.10. The van der Waals surface area contributed by atoms with Crippen LogP contribution < -0.4 is 4.74 Å². The molecule has 0 spiro atoms. The molecule has 0 aliphatic heterocycles. The molecular formula is C8H4BrF6NO. The van der Waals surface area contributed by atoms with Gasteiger partial charge < -0.3 is 4.74 Å². The Bertz CT molecular complexity index is 359. The maximum Gasteiger partial charge on any atom is 0.434 e. The van der Waals surface area contributed by atoms with Crippen LogP contribution in [0.25, 0.3) is 0 Å². The summed E-state index contributed by atoms with van der Waals surface area (Å²) in [5.74, 6) is -0.757. The first kappa shape index (κ1) is 14.1. The molecule has 0 saturated heterocycles. The van der Waals surface area contributed by atoms with Gasteiger partial charge in [0, 0.05) is 16.7 Å². The average Bonchev–Trinajstić information content (AvgIpc) is 2.13. The van der Waals surface area contributed by atoms with Gasteiger partial charge in [-0.3, -0.25) is 0 Å². The van der Waals surface area contributed by atoms with E-state index in [0.717, 1.165) is 12.3 Å². The molecule has 0 saturated carbocycles. The van der Waals surface area contributed by atoms with Crippen LogP contribution in [0.1, 0.15) is 0 Å². The number of nitrogens with zero attached hydrogens (tertiary/aromatic N) is 1. The molecule has 0 unspecified atom stereocenters. The van der Waals surface area contributed by atoms with Crippen molar-refractivity contribution in [1.29, 1.82) is 0 Å². The lowest BCUT2D eigenvalue weighted by Gasteiger charge is -2.23. The Morgan fingerprint density at radius 2 is 1.59 bits per heavy atom. The van der Waals surface area contributed by atoms with Crippen LogP contribution >= 0.6 is 15.9 Å². The Labute approximate surface area is 99.7 Å². The third-order valence-electron chi connectivity index (χ3n) is 1.53. The van der Waals surface area contributed by atoms with Crippen LogP contribution in [0, 0.1) is 0 Å². The van der Waals surface area contributed by atoms with Gasteiger partial charge in [0.25, 0.3) is 6.10 Å². The summed E-state index contributed by atoms with van der Waals surface area (Å²) in [6.45, 7) is 0. The molecule has 1 rings (SSSR count). The molecule has 96 valence electrons. The molecule has 1 aromatic rings. The zero-order chi connectivity index (χ0) is 13.3. The summed E-state index contributed by atoms with van der Waals surface area (Å²) in [5.41, 5.74) is 0. The van der Waals surface area contributed by atoms with Crippen molar-refractivity contribution in [1.82, 2.24) is 4.98 Å². The number of alkyl halides is 6. The van der Waals surface area contributed by atoms with Crippen LogP contribution in [0.5, 0.6) is 5.88 Å². The molecule has 9 heteroatoms. The van der Waals surface area contributed by atoms with Crippen molar-refractivity contribution in [3.63, 3.8) is 0 Å². The lowest BCUT2D eigenvalue weighted by Crippen LogP contribution is -2.46. The zero-order valence-corrected chi connectivity index (χ0v) is 9.40. The van der Waals surface area contributed by atoms with Crippen LogP contribution in [0.4, 0.5) is 26.3 Å². The van der Waals surface area contributed by atoms with Crippen molar-refractivity contribution < 1.29 is 31.1 Å². The van der Waals surface area contributed by atoms with Gasteiger partial charge in [-0.1, -0.05) is 0 Å². The summed E-state index contributed by atoms with van der Waals surface area (Å²) in [4.78, 5) is 3.28. The summed E-state index contributed by atoms with van der Waals surface area (Å²) >= 11 is 2.93. The van der Waals surface area contributed by atoms with Crippen LogP contribution in [0.3, 0.4) is 0 Å². The Morgan fingerprint density at radius 3 is 1.94 bits per heavy atom. The second kappa shape index (κ2) is 4.71. The first-order valence-corrected chi connectivity index (χ1v) is 4.81. The van der Waals surface area contributed by atoms with Crippen molar-refractivity contribution in [2.45, 2.75) is 18.5 Å². The van der Waals surface area contributed by atoms with Gasteiger partial charge in [-0.2, -0.15) is 26.3 Å². The highest BCUT2D eigenvalue weighted by Gasteiger charge is 2.59. The molecule has 0 atom stereocenters. The minimum absolute atomic E-state index is 0.403. The van der Waals surface area contributed by atoms with E-state index in [1.807, 2.05) is 0 Å². The summed E-state index contributed by atoms with van der Waals surface area (Å²) in [6, 6.07) is 2.11. The molecule has 1 heterocycles. The maximum absolute atomic E-state index is 12.1. The Morgan fingerprint density at radius 1 is 1.06 bits per heavy atom. The fourth-order valence-electron chi connectivity index (χ4n) is 0.872. The number of hydrogen-bond acceptors (Lipinski definition) is 2. The SMILES string of the molecule is FC(F)(F)C(Oc1ccc(Br)cn1)C(F)(F)F.